The molecule has 1 fully saturated rings. The molecule has 1 atom stereocenters. The number of nitrogens with two attached hydrogens (primary N) is 1. The number of rotatable bonds is 3. The lowest BCUT2D eigenvalue weighted by atomic mass is 9.98. The molecule has 2 rings (SSSR count). The van der Waals surface area contributed by atoms with Gasteiger partial charge in [-0.15, -0.1) is 0 Å². The van der Waals surface area contributed by atoms with E-state index in [1.54, 1.807) is 25.1 Å². The summed E-state index contributed by atoms with van der Waals surface area (Å²) < 4.78 is 6.53. The van der Waals surface area contributed by atoms with Crippen LogP contribution in [-0.4, -0.2) is 46.3 Å². The summed E-state index contributed by atoms with van der Waals surface area (Å²) in [6.45, 7) is 3.12. The zero-order valence-corrected chi connectivity index (χ0v) is 11.8. The van der Waals surface area contributed by atoms with E-state index in [1.807, 2.05) is 0 Å². The maximum absolute atomic E-state index is 12.4. The molecule has 7 nitrogen and oxygen atoms in total. The number of carbonyl (C=O) groups is 2. The van der Waals surface area contributed by atoms with Gasteiger partial charge in [-0.05, 0) is 19.8 Å². The monoisotopic (exact) mass is 280 g/mol. The Labute approximate surface area is 117 Å². The van der Waals surface area contributed by atoms with Crippen LogP contribution in [0, 0.1) is 5.92 Å². The van der Waals surface area contributed by atoms with Crippen LogP contribution in [0.1, 0.15) is 30.3 Å². The van der Waals surface area contributed by atoms with Gasteiger partial charge in [-0.25, -0.2) is 0 Å². The molecule has 1 amide bonds. The van der Waals surface area contributed by atoms with Gasteiger partial charge in [0.05, 0.1) is 18.2 Å². The number of hydrogen-bond donors (Lipinski definition) is 1. The molecule has 1 aliphatic rings. The molecule has 2 heterocycles. The van der Waals surface area contributed by atoms with Crippen molar-refractivity contribution in [2.45, 2.75) is 19.8 Å². The third kappa shape index (κ3) is 2.92. The number of ether oxygens (including phenoxy) is 1. The minimum Gasteiger partial charge on any atom is -0.466 e. The molecule has 0 saturated carbocycles. The van der Waals surface area contributed by atoms with E-state index in [0.717, 1.165) is 12.8 Å². The number of carbonyl (C=O) groups excluding carboxylic acids is 2. The first-order valence-electron chi connectivity index (χ1n) is 6.78. The van der Waals surface area contributed by atoms with Crippen LogP contribution in [0.5, 0.6) is 0 Å². The van der Waals surface area contributed by atoms with Crippen LogP contribution >= 0.6 is 0 Å². The van der Waals surface area contributed by atoms with Crippen molar-refractivity contribution >= 4 is 17.6 Å². The fourth-order valence-electron chi connectivity index (χ4n) is 2.44. The van der Waals surface area contributed by atoms with E-state index in [-0.39, 0.29) is 23.5 Å². The van der Waals surface area contributed by atoms with Gasteiger partial charge >= 0.3 is 5.97 Å². The molecule has 0 radical (unpaired) electrons. The second-order valence-electron chi connectivity index (χ2n) is 4.95. The Morgan fingerprint density at radius 2 is 2.30 bits per heavy atom. The zero-order valence-electron chi connectivity index (χ0n) is 11.8. The summed E-state index contributed by atoms with van der Waals surface area (Å²) in [5.74, 6) is -0.714. The molecule has 20 heavy (non-hydrogen) atoms. The normalized spacial score (nSPS) is 18.9. The Balaban J connectivity index is 2.07. The van der Waals surface area contributed by atoms with Crippen LogP contribution in [0.25, 0.3) is 0 Å². The van der Waals surface area contributed by atoms with Gasteiger partial charge in [0, 0.05) is 26.3 Å². The van der Waals surface area contributed by atoms with Crippen molar-refractivity contribution in [3.05, 3.63) is 11.9 Å². The van der Waals surface area contributed by atoms with Gasteiger partial charge in [0.2, 0.25) is 0 Å². The molecule has 0 spiro atoms. The first kappa shape index (κ1) is 14.4. The predicted octanol–water partition coefficient (Wildman–Crippen LogP) is 0.418. The fourth-order valence-corrected chi connectivity index (χ4v) is 2.44. The van der Waals surface area contributed by atoms with Crippen LogP contribution in [-0.2, 0) is 16.6 Å². The number of anilines is 1. The quantitative estimate of drug-likeness (QED) is 0.810. The average Bonchev–Trinajstić information content (AvgIpc) is 2.77. The number of likely N-dealkylation sites (tertiary alicyclic amines) is 1. The SMILES string of the molecule is CCOC(=O)C1CCCN(C(=O)c2nn(C)cc2N)C1. The number of nitrogen functional groups attached to an aromatic ring is 1. The van der Waals surface area contributed by atoms with Crippen molar-refractivity contribution in [3.63, 3.8) is 0 Å². The molecule has 1 saturated heterocycles. The van der Waals surface area contributed by atoms with Crippen LogP contribution in [0.15, 0.2) is 6.20 Å². The highest BCUT2D eigenvalue weighted by molar-refractivity contribution is 5.97. The smallest absolute Gasteiger partial charge is 0.310 e. The lowest BCUT2D eigenvalue weighted by Gasteiger charge is -2.31. The molecule has 1 aliphatic heterocycles. The predicted molar refractivity (Wildman–Crippen MR) is 72.9 cm³/mol. The van der Waals surface area contributed by atoms with Crippen molar-refractivity contribution in [2.75, 3.05) is 25.4 Å². The van der Waals surface area contributed by atoms with Gasteiger partial charge in [-0.1, -0.05) is 0 Å². The lowest BCUT2D eigenvalue weighted by Crippen LogP contribution is -2.43. The summed E-state index contributed by atoms with van der Waals surface area (Å²) in [7, 11) is 1.71. The van der Waals surface area contributed by atoms with Crippen molar-refractivity contribution in [3.8, 4) is 0 Å². The van der Waals surface area contributed by atoms with Gasteiger partial charge in [0.1, 0.15) is 0 Å². The molecule has 1 unspecified atom stereocenters. The average molecular weight is 280 g/mol. The second-order valence-corrected chi connectivity index (χ2v) is 4.95. The topological polar surface area (TPSA) is 90.5 Å². The Bertz CT molecular complexity index is 512. The third-order valence-electron chi connectivity index (χ3n) is 3.39. The minimum absolute atomic E-state index is 0.225. The molecule has 0 aromatic carbocycles. The van der Waals surface area contributed by atoms with Gasteiger partial charge in [-0.2, -0.15) is 5.10 Å². The van der Waals surface area contributed by atoms with Crippen LogP contribution < -0.4 is 5.73 Å². The van der Waals surface area contributed by atoms with Crippen LogP contribution in [0.4, 0.5) is 5.69 Å². The number of piperidine rings is 1. The Hall–Kier alpha value is -2.05. The Morgan fingerprint density at radius 1 is 1.55 bits per heavy atom. The van der Waals surface area contributed by atoms with E-state index in [0.29, 0.717) is 25.4 Å². The summed E-state index contributed by atoms with van der Waals surface area (Å²) in [5, 5.41) is 4.08. The lowest BCUT2D eigenvalue weighted by molar-refractivity contribution is -0.149. The molecular weight excluding hydrogens is 260 g/mol. The van der Waals surface area contributed by atoms with E-state index < -0.39 is 0 Å². The summed E-state index contributed by atoms with van der Waals surface area (Å²) in [6.07, 6.45) is 3.13. The summed E-state index contributed by atoms with van der Waals surface area (Å²) in [4.78, 5) is 25.8. The van der Waals surface area contributed by atoms with Gasteiger partial charge in [0.25, 0.3) is 5.91 Å². The highest BCUT2D eigenvalue weighted by Gasteiger charge is 2.31. The summed E-state index contributed by atoms with van der Waals surface area (Å²) in [6, 6.07) is 0. The minimum atomic E-state index is -0.252. The maximum atomic E-state index is 12.4. The van der Waals surface area contributed by atoms with Crippen molar-refractivity contribution in [1.29, 1.82) is 0 Å². The Morgan fingerprint density at radius 3 is 2.90 bits per heavy atom. The van der Waals surface area contributed by atoms with Crippen molar-refractivity contribution < 1.29 is 14.3 Å². The molecule has 110 valence electrons. The third-order valence-corrected chi connectivity index (χ3v) is 3.39. The van der Waals surface area contributed by atoms with E-state index in [4.69, 9.17) is 10.5 Å². The molecular formula is C13H20N4O3. The van der Waals surface area contributed by atoms with E-state index in [1.165, 1.54) is 4.68 Å². The van der Waals surface area contributed by atoms with Gasteiger partial charge in [0.15, 0.2) is 5.69 Å². The highest BCUT2D eigenvalue weighted by atomic mass is 16.5. The molecule has 1 aromatic heterocycles. The van der Waals surface area contributed by atoms with Gasteiger partial charge in [-0.3, -0.25) is 14.3 Å². The standard InChI is InChI=1S/C13H20N4O3/c1-3-20-13(19)9-5-4-6-17(7-9)12(18)11-10(14)8-16(2)15-11/h8-9H,3-7,14H2,1-2H3. The Kier molecular flexibility index (Phi) is 4.26. The number of hydrogen-bond acceptors (Lipinski definition) is 5. The number of nitrogens with zero attached hydrogens (tertiary/aromatic N) is 3. The van der Waals surface area contributed by atoms with Crippen molar-refractivity contribution in [2.24, 2.45) is 13.0 Å². The van der Waals surface area contributed by atoms with E-state index in [9.17, 15) is 9.59 Å². The van der Waals surface area contributed by atoms with E-state index in [2.05, 4.69) is 5.10 Å². The maximum Gasteiger partial charge on any atom is 0.310 e. The number of aryl methyl sites for hydroxylation is 1. The largest absolute Gasteiger partial charge is 0.466 e. The molecule has 0 aliphatic carbocycles. The zero-order chi connectivity index (χ0) is 14.7. The fraction of sp³-hybridized carbons (Fsp3) is 0.615. The van der Waals surface area contributed by atoms with Crippen LogP contribution in [0.3, 0.4) is 0 Å². The summed E-state index contributed by atoms with van der Waals surface area (Å²) >= 11 is 0. The molecule has 0 bridgehead atoms. The summed E-state index contributed by atoms with van der Waals surface area (Å²) in [5.41, 5.74) is 6.37. The van der Waals surface area contributed by atoms with Crippen LogP contribution in [0.2, 0.25) is 0 Å². The first-order chi connectivity index (χ1) is 9.52. The highest BCUT2D eigenvalue weighted by Crippen LogP contribution is 2.21. The molecule has 1 aromatic rings. The number of esters is 1. The molecule has 2 N–H and O–H groups in total. The number of aromatic nitrogens is 2. The first-order valence-corrected chi connectivity index (χ1v) is 6.78. The van der Waals surface area contributed by atoms with Gasteiger partial charge < -0.3 is 15.4 Å². The van der Waals surface area contributed by atoms with E-state index >= 15 is 0 Å². The molecule has 7 heteroatoms. The van der Waals surface area contributed by atoms with Crippen molar-refractivity contribution in [1.82, 2.24) is 14.7 Å². The number of amides is 1. The second kappa shape index (κ2) is 5.94.